The van der Waals surface area contributed by atoms with Crippen LogP contribution in [0.5, 0.6) is 5.75 Å². The highest BCUT2D eigenvalue weighted by atomic mass is 79.9. The monoisotopic (exact) mass is 525 g/mol. The summed E-state index contributed by atoms with van der Waals surface area (Å²) < 4.78 is 6.35. The number of carbonyl (C=O) groups is 1. The van der Waals surface area contributed by atoms with Crippen LogP contribution in [0.2, 0.25) is 5.02 Å². The quantitative estimate of drug-likeness (QED) is 0.165. The standard InChI is InChI=1S/C24H17BrClN3O4/c1-15-5-7-19(26)12-22(15)28-24(30)18(13-27)9-16-6-8-23(21(25)11-16)33-14-17-3-2-4-20(10-17)29(31)32/h2-12H,14H2,1H3,(H,28,30)/b18-9+. The minimum absolute atomic E-state index is 0.00840. The lowest BCUT2D eigenvalue weighted by Gasteiger charge is -2.10. The Labute approximate surface area is 203 Å². The number of rotatable bonds is 7. The van der Waals surface area contributed by atoms with Gasteiger partial charge in [0, 0.05) is 22.8 Å². The van der Waals surface area contributed by atoms with Crippen LogP contribution in [0.15, 0.2) is 70.7 Å². The molecule has 0 spiro atoms. The van der Waals surface area contributed by atoms with Crippen LogP contribution in [-0.4, -0.2) is 10.8 Å². The molecule has 33 heavy (non-hydrogen) atoms. The summed E-state index contributed by atoms with van der Waals surface area (Å²) in [5, 5.41) is 23.5. The molecular formula is C24H17BrClN3O4. The number of benzene rings is 3. The molecule has 9 heteroatoms. The molecule has 0 fully saturated rings. The lowest BCUT2D eigenvalue weighted by molar-refractivity contribution is -0.384. The van der Waals surface area contributed by atoms with Gasteiger partial charge in [0.1, 0.15) is 24.0 Å². The second-order valence-corrected chi connectivity index (χ2v) is 8.28. The van der Waals surface area contributed by atoms with Gasteiger partial charge in [-0.1, -0.05) is 35.9 Å². The first-order valence-electron chi connectivity index (χ1n) is 9.62. The molecule has 0 unspecified atom stereocenters. The molecule has 0 aliphatic carbocycles. The molecule has 0 atom stereocenters. The number of halogens is 2. The number of nitrogens with one attached hydrogen (secondary N) is 1. The summed E-state index contributed by atoms with van der Waals surface area (Å²) in [5.41, 5.74) is 2.52. The van der Waals surface area contributed by atoms with Crippen molar-refractivity contribution < 1.29 is 14.5 Å². The Kier molecular flexibility index (Phi) is 7.83. The van der Waals surface area contributed by atoms with Crippen molar-refractivity contribution >= 4 is 50.9 Å². The van der Waals surface area contributed by atoms with E-state index in [9.17, 15) is 20.2 Å². The van der Waals surface area contributed by atoms with Gasteiger partial charge in [0.05, 0.1) is 9.40 Å². The van der Waals surface area contributed by atoms with Gasteiger partial charge in [0.25, 0.3) is 11.6 Å². The Balaban J connectivity index is 1.73. The maximum atomic E-state index is 12.6. The minimum Gasteiger partial charge on any atom is -0.488 e. The molecule has 1 N–H and O–H groups in total. The molecule has 7 nitrogen and oxygen atoms in total. The van der Waals surface area contributed by atoms with Crippen molar-refractivity contribution in [1.29, 1.82) is 5.26 Å². The third-order valence-electron chi connectivity index (χ3n) is 4.60. The van der Waals surface area contributed by atoms with E-state index in [1.54, 1.807) is 48.5 Å². The molecule has 3 rings (SSSR count). The fraction of sp³-hybridized carbons (Fsp3) is 0.0833. The van der Waals surface area contributed by atoms with E-state index < -0.39 is 10.8 Å². The molecule has 0 bridgehead atoms. The van der Waals surface area contributed by atoms with Crippen molar-refractivity contribution in [1.82, 2.24) is 0 Å². The predicted octanol–water partition coefficient (Wildman–Crippen LogP) is 6.44. The van der Waals surface area contributed by atoms with Crippen LogP contribution in [0.3, 0.4) is 0 Å². The Hall–Kier alpha value is -3.67. The summed E-state index contributed by atoms with van der Waals surface area (Å²) in [5.74, 6) is -0.0406. The normalized spacial score (nSPS) is 10.9. The number of nitro benzene ring substituents is 1. The molecule has 3 aromatic rings. The second kappa shape index (κ2) is 10.8. The molecule has 0 saturated heterocycles. The number of nitriles is 1. The van der Waals surface area contributed by atoms with Crippen LogP contribution in [0.25, 0.3) is 6.08 Å². The van der Waals surface area contributed by atoms with E-state index in [0.29, 0.717) is 32.1 Å². The smallest absolute Gasteiger partial charge is 0.269 e. The third kappa shape index (κ3) is 6.42. The van der Waals surface area contributed by atoms with Crippen molar-refractivity contribution in [3.63, 3.8) is 0 Å². The van der Waals surface area contributed by atoms with Crippen molar-refractivity contribution in [3.8, 4) is 11.8 Å². The highest BCUT2D eigenvalue weighted by molar-refractivity contribution is 9.10. The topological polar surface area (TPSA) is 105 Å². The highest BCUT2D eigenvalue weighted by Crippen LogP contribution is 2.28. The van der Waals surface area contributed by atoms with Gasteiger partial charge in [-0.15, -0.1) is 0 Å². The van der Waals surface area contributed by atoms with Gasteiger partial charge >= 0.3 is 0 Å². The maximum Gasteiger partial charge on any atom is 0.269 e. The number of ether oxygens (including phenoxy) is 1. The molecule has 166 valence electrons. The molecule has 0 heterocycles. The molecule has 0 aromatic heterocycles. The summed E-state index contributed by atoms with van der Waals surface area (Å²) in [6.07, 6.45) is 1.46. The van der Waals surface area contributed by atoms with E-state index in [1.807, 2.05) is 13.0 Å². The number of hydrogen-bond donors (Lipinski definition) is 1. The lowest BCUT2D eigenvalue weighted by Crippen LogP contribution is -2.14. The van der Waals surface area contributed by atoms with Gasteiger partial charge in [-0.3, -0.25) is 14.9 Å². The first-order valence-corrected chi connectivity index (χ1v) is 10.8. The molecule has 1 amide bonds. The van der Waals surface area contributed by atoms with Crippen LogP contribution in [0, 0.1) is 28.4 Å². The van der Waals surface area contributed by atoms with E-state index in [1.165, 1.54) is 18.2 Å². The first-order chi connectivity index (χ1) is 15.8. The largest absolute Gasteiger partial charge is 0.488 e. The van der Waals surface area contributed by atoms with E-state index in [2.05, 4.69) is 21.2 Å². The highest BCUT2D eigenvalue weighted by Gasteiger charge is 2.12. The van der Waals surface area contributed by atoms with Gasteiger partial charge in [-0.05, 0) is 69.9 Å². The van der Waals surface area contributed by atoms with Crippen molar-refractivity contribution in [2.75, 3.05) is 5.32 Å². The second-order valence-electron chi connectivity index (χ2n) is 6.99. The average Bonchev–Trinajstić information content (AvgIpc) is 2.79. The maximum absolute atomic E-state index is 12.6. The lowest BCUT2D eigenvalue weighted by atomic mass is 10.1. The predicted molar refractivity (Wildman–Crippen MR) is 130 cm³/mol. The van der Waals surface area contributed by atoms with E-state index in [-0.39, 0.29) is 17.9 Å². The Morgan fingerprint density at radius 1 is 1.24 bits per heavy atom. The van der Waals surface area contributed by atoms with Crippen LogP contribution in [0.1, 0.15) is 16.7 Å². The van der Waals surface area contributed by atoms with E-state index in [0.717, 1.165) is 5.56 Å². The first kappa shape index (κ1) is 24.0. The van der Waals surface area contributed by atoms with Crippen LogP contribution >= 0.6 is 27.5 Å². The van der Waals surface area contributed by atoms with Crippen LogP contribution < -0.4 is 10.1 Å². The van der Waals surface area contributed by atoms with Crippen LogP contribution in [-0.2, 0) is 11.4 Å². The van der Waals surface area contributed by atoms with E-state index in [4.69, 9.17) is 16.3 Å². The fourth-order valence-electron chi connectivity index (χ4n) is 2.88. The number of non-ortho nitro benzene ring substituents is 1. The number of carbonyl (C=O) groups excluding carboxylic acids is 1. The number of anilines is 1. The van der Waals surface area contributed by atoms with Gasteiger partial charge in [0.15, 0.2) is 0 Å². The number of hydrogen-bond acceptors (Lipinski definition) is 5. The van der Waals surface area contributed by atoms with Crippen molar-refractivity contribution in [2.45, 2.75) is 13.5 Å². The number of nitro groups is 1. The average molecular weight is 527 g/mol. The number of aryl methyl sites for hydroxylation is 1. The zero-order valence-electron chi connectivity index (χ0n) is 17.3. The summed E-state index contributed by atoms with van der Waals surface area (Å²) in [7, 11) is 0. The molecule has 0 aliphatic heterocycles. The zero-order valence-corrected chi connectivity index (χ0v) is 19.7. The van der Waals surface area contributed by atoms with Gasteiger partial charge in [-0.2, -0.15) is 5.26 Å². The molecule has 0 radical (unpaired) electrons. The van der Waals surface area contributed by atoms with Gasteiger partial charge in [-0.25, -0.2) is 0 Å². The van der Waals surface area contributed by atoms with Crippen molar-refractivity contribution in [3.05, 3.63) is 103 Å². The zero-order chi connectivity index (χ0) is 24.0. The fourth-order valence-corrected chi connectivity index (χ4v) is 3.56. The molecule has 3 aromatic carbocycles. The Bertz CT molecular complexity index is 1300. The molecule has 0 aliphatic rings. The Morgan fingerprint density at radius 3 is 2.73 bits per heavy atom. The number of amides is 1. The SMILES string of the molecule is Cc1ccc(Cl)cc1NC(=O)/C(C#N)=C/c1ccc(OCc2cccc([N+](=O)[O-])c2)c(Br)c1. The minimum atomic E-state index is -0.551. The number of nitrogens with zero attached hydrogens (tertiary/aromatic N) is 2. The summed E-state index contributed by atoms with van der Waals surface area (Å²) in [6, 6.07) is 18.3. The molecule has 0 saturated carbocycles. The summed E-state index contributed by atoms with van der Waals surface area (Å²) in [6.45, 7) is 1.96. The van der Waals surface area contributed by atoms with Crippen LogP contribution in [0.4, 0.5) is 11.4 Å². The third-order valence-corrected chi connectivity index (χ3v) is 5.45. The summed E-state index contributed by atoms with van der Waals surface area (Å²) in [4.78, 5) is 23.0. The van der Waals surface area contributed by atoms with Crippen molar-refractivity contribution in [2.24, 2.45) is 0 Å². The van der Waals surface area contributed by atoms with Gasteiger partial charge in [0.2, 0.25) is 0 Å². The van der Waals surface area contributed by atoms with E-state index >= 15 is 0 Å². The molecular weight excluding hydrogens is 510 g/mol. The Morgan fingerprint density at radius 2 is 2.03 bits per heavy atom. The summed E-state index contributed by atoms with van der Waals surface area (Å²) >= 11 is 9.40. The van der Waals surface area contributed by atoms with Gasteiger partial charge < -0.3 is 10.1 Å².